The third-order valence-corrected chi connectivity index (χ3v) is 4.69. The maximum atomic E-state index is 11.4. The first kappa shape index (κ1) is 14.8. The monoisotopic (exact) mass is 296 g/mol. The Balaban J connectivity index is 2.04. The van der Waals surface area contributed by atoms with Crippen LogP contribution in [-0.4, -0.2) is 17.2 Å². The first-order chi connectivity index (χ1) is 10.5. The van der Waals surface area contributed by atoms with Gasteiger partial charge in [-0.15, -0.1) is 0 Å². The number of carbonyl (C=O) groups excluding carboxylic acids is 1. The zero-order valence-corrected chi connectivity index (χ0v) is 12.8. The van der Waals surface area contributed by atoms with Gasteiger partial charge in [-0.1, -0.05) is 67.6 Å². The first-order valence-corrected chi connectivity index (χ1v) is 7.55. The number of rotatable bonds is 3. The molecule has 1 aliphatic rings. The van der Waals surface area contributed by atoms with Crippen LogP contribution in [0.15, 0.2) is 60.7 Å². The summed E-state index contributed by atoms with van der Waals surface area (Å²) in [5.74, 6) is -0.730. The zero-order chi connectivity index (χ0) is 15.7. The van der Waals surface area contributed by atoms with E-state index in [2.05, 4.69) is 0 Å². The van der Waals surface area contributed by atoms with Crippen molar-refractivity contribution in [2.75, 3.05) is 0 Å². The van der Waals surface area contributed by atoms with Gasteiger partial charge in [0.2, 0.25) is 0 Å². The molecule has 0 bridgehead atoms. The second-order valence-electron chi connectivity index (χ2n) is 5.94. The van der Waals surface area contributed by atoms with Gasteiger partial charge in [0.1, 0.15) is 11.7 Å². The summed E-state index contributed by atoms with van der Waals surface area (Å²) in [6.45, 7) is 3.34. The van der Waals surface area contributed by atoms with Crippen LogP contribution in [0.1, 0.15) is 30.9 Å². The van der Waals surface area contributed by atoms with Crippen LogP contribution in [0.5, 0.6) is 0 Å². The molecule has 0 amide bonds. The molecule has 3 heteroatoms. The summed E-state index contributed by atoms with van der Waals surface area (Å²) in [6, 6.07) is 19.4. The van der Waals surface area contributed by atoms with Crippen molar-refractivity contribution in [2.24, 2.45) is 5.92 Å². The maximum Gasteiger partial charge on any atom is 0.302 e. The van der Waals surface area contributed by atoms with Crippen LogP contribution in [0, 0.1) is 5.92 Å². The standard InChI is InChI=1S/C19H20O3/c1-13-18(22-14(2)20)17(15-9-5-3-6-10-15)19(13,21)16-11-7-4-8-12-16/h3-13,17-18,21H,1-2H3/t13-,17+,18+,19+/m0/s1. The van der Waals surface area contributed by atoms with Crippen LogP contribution in [0.2, 0.25) is 0 Å². The van der Waals surface area contributed by atoms with Crippen LogP contribution in [0.4, 0.5) is 0 Å². The number of hydrogen-bond acceptors (Lipinski definition) is 3. The van der Waals surface area contributed by atoms with Crippen molar-refractivity contribution in [3.05, 3.63) is 71.8 Å². The van der Waals surface area contributed by atoms with Crippen molar-refractivity contribution in [3.8, 4) is 0 Å². The number of carbonyl (C=O) groups is 1. The highest BCUT2D eigenvalue weighted by Gasteiger charge is 2.62. The number of aliphatic hydroxyl groups is 1. The fourth-order valence-corrected chi connectivity index (χ4v) is 3.57. The van der Waals surface area contributed by atoms with Gasteiger partial charge >= 0.3 is 5.97 Å². The Morgan fingerprint density at radius 2 is 1.59 bits per heavy atom. The summed E-state index contributed by atoms with van der Waals surface area (Å²) in [6.07, 6.45) is -0.315. The lowest BCUT2D eigenvalue weighted by Gasteiger charge is -2.56. The van der Waals surface area contributed by atoms with E-state index in [4.69, 9.17) is 4.74 Å². The van der Waals surface area contributed by atoms with E-state index in [0.29, 0.717) is 0 Å². The molecule has 3 rings (SSSR count). The minimum atomic E-state index is -1.03. The predicted octanol–water partition coefficient (Wildman–Crippen LogP) is 3.24. The van der Waals surface area contributed by atoms with Crippen molar-refractivity contribution in [3.63, 3.8) is 0 Å². The highest BCUT2D eigenvalue weighted by molar-refractivity contribution is 5.66. The molecular weight excluding hydrogens is 276 g/mol. The van der Waals surface area contributed by atoms with E-state index in [1.807, 2.05) is 67.6 Å². The third kappa shape index (κ3) is 2.22. The van der Waals surface area contributed by atoms with Gasteiger partial charge in [-0.3, -0.25) is 4.79 Å². The number of hydrogen-bond donors (Lipinski definition) is 1. The van der Waals surface area contributed by atoms with Gasteiger partial charge in [0.05, 0.1) is 5.92 Å². The quantitative estimate of drug-likeness (QED) is 0.885. The van der Waals surface area contributed by atoms with E-state index in [-0.39, 0.29) is 23.9 Å². The Morgan fingerprint density at radius 3 is 2.14 bits per heavy atom. The minimum Gasteiger partial charge on any atom is -0.461 e. The van der Waals surface area contributed by atoms with Gasteiger partial charge in [0.15, 0.2) is 0 Å². The van der Waals surface area contributed by atoms with E-state index in [1.165, 1.54) is 6.92 Å². The molecule has 0 spiro atoms. The van der Waals surface area contributed by atoms with E-state index >= 15 is 0 Å². The average molecular weight is 296 g/mol. The largest absolute Gasteiger partial charge is 0.461 e. The van der Waals surface area contributed by atoms with Crippen LogP contribution < -0.4 is 0 Å². The maximum absolute atomic E-state index is 11.4. The Bertz CT molecular complexity index is 653. The Labute approximate surface area is 130 Å². The molecule has 4 atom stereocenters. The molecule has 22 heavy (non-hydrogen) atoms. The molecule has 3 nitrogen and oxygen atoms in total. The fourth-order valence-electron chi connectivity index (χ4n) is 3.57. The highest BCUT2D eigenvalue weighted by atomic mass is 16.5. The Kier molecular flexibility index (Phi) is 3.75. The second kappa shape index (κ2) is 5.58. The molecule has 0 aromatic heterocycles. The fraction of sp³-hybridized carbons (Fsp3) is 0.316. The van der Waals surface area contributed by atoms with Crippen LogP contribution >= 0.6 is 0 Å². The van der Waals surface area contributed by atoms with Gasteiger partial charge in [0.25, 0.3) is 0 Å². The molecule has 114 valence electrons. The van der Waals surface area contributed by atoms with Crippen molar-refractivity contribution in [1.29, 1.82) is 0 Å². The SMILES string of the molecule is CC(=O)O[C@H]1[C@@H](c2ccccc2)[C@](O)(c2ccccc2)[C@H]1C. The van der Waals surface area contributed by atoms with Crippen molar-refractivity contribution in [2.45, 2.75) is 31.5 Å². The first-order valence-electron chi connectivity index (χ1n) is 7.55. The molecule has 2 aromatic rings. The summed E-state index contributed by atoms with van der Waals surface area (Å²) >= 11 is 0. The third-order valence-electron chi connectivity index (χ3n) is 4.69. The molecule has 2 aromatic carbocycles. The molecule has 1 fully saturated rings. The topological polar surface area (TPSA) is 46.5 Å². The normalized spacial score (nSPS) is 30.4. The number of benzene rings is 2. The second-order valence-corrected chi connectivity index (χ2v) is 5.94. The molecule has 0 unspecified atom stereocenters. The summed E-state index contributed by atoms with van der Waals surface area (Å²) in [4.78, 5) is 11.4. The van der Waals surface area contributed by atoms with Gasteiger partial charge in [-0.2, -0.15) is 0 Å². The highest BCUT2D eigenvalue weighted by Crippen LogP contribution is 2.57. The zero-order valence-electron chi connectivity index (χ0n) is 12.8. The van der Waals surface area contributed by atoms with E-state index < -0.39 is 5.60 Å². The molecule has 1 aliphatic carbocycles. The van der Waals surface area contributed by atoms with Crippen molar-refractivity contribution >= 4 is 5.97 Å². The smallest absolute Gasteiger partial charge is 0.302 e. The molecule has 0 saturated heterocycles. The molecule has 0 heterocycles. The molecule has 0 radical (unpaired) electrons. The summed E-state index contributed by atoms with van der Waals surface area (Å²) in [5.41, 5.74) is 0.820. The van der Waals surface area contributed by atoms with E-state index in [0.717, 1.165) is 11.1 Å². The lowest BCUT2D eigenvalue weighted by Crippen LogP contribution is -2.61. The Hall–Kier alpha value is -2.13. The van der Waals surface area contributed by atoms with Gasteiger partial charge < -0.3 is 9.84 Å². The lowest BCUT2D eigenvalue weighted by atomic mass is 9.54. The lowest BCUT2D eigenvalue weighted by molar-refractivity contribution is -0.216. The van der Waals surface area contributed by atoms with Gasteiger partial charge in [-0.05, 0) is 11.1 Å². The number of ether oxygens (including phenoxy) is 1. The molecule has 1 saturated carbocycles. The predicted molar refractivity (Wildman–Crippen MR) is 84.2 cm³/mol. The average Bonchev–Trinajstić information content (AvgIpc) is 2.55. The van der Waals surface area contributed by atoms with Crippen LogP contribution in [0.3, 0.4) is 0 Å². The Morgan fingerprint density at radius 1 is 1.05 bits per heavy atom. The van der Waals surface area contributed by atoms with Crippen LogP contribution in [0.25, 0.3) is 0 Å². The minimum absolute atomic E-state index is 0.163. The van der Waals surface area contributed by atoms with Crippen molar-refractivity contribution in [1.82, 2.24) is 0 Å². The molecule has 1 N–H and O–H groups in total. The summed E-state index contributed by atoms with van der Waals surface area (Å²) in [7, 11) is 0. The van der Waals surface area contributed by atoms with E-state index in [1.54, 1.807) is 0 Å². The van der Waals surface area contributed by atoms with Gasteiger partial charge in [0, 0.05) is 12.8 Å². The summed E-state index contributed by atoms with van der Waals surface area (Å²) in [5, 5.41) is 11.4. The number of esters is 1. The molecule has 0 aliphatic heterocycles. The van der Waals surface area contributed by atoms with E-state index in [9.17, 15) is 9.90 Å². The van der Waals surface area contributed by atoms with Gasteiger partial charge in [-0.25, -0.2) is 0 Å². The van der Waals surface area contributed by atoms with Crippen LogP contribution in [-0.2, 0) is 15.1 Å². The van der Waals surface area contributed by atoms with Crippen molar-refractivity contribution < 1.29 is 14.6 Å². The molecular formula is C19H20O3. The summed E-state index contributed by atoms with van der Waals surface area (Å²) < 4.78 is 5.48.